The molecule has 0 unspecified atom stereocenters. The number of hydrogen-bond acceptors (Lipinski definition) is 2. The molecule has 0 aliphatic carbocycles. The zero-order chi connectivity index (χ0) is 13.1. The van der Waals surface area contributed by atoms with Crippen LogP contribution in [0.1, 0.15) is 13.8 Å². The number of hydrogen-bond donors (Lipinski definition) is 2. The van der Waals surface area contributed by atoms with Gasteiger partial charge >= 0.3 is 6.80 Å². The molecule has 6 heteroatoms. The molecule has 0 spiro atoms. The van der Waals surface area contributed by atoms with Gasteiger partial charge in [0.1, 0.15) is 5.75 Å². The molecule has 0 aliphatic heterocycles. The van der Waals surface area contributed by atoms with E-state index in [1.54, 1.807) is 31.4 Å². The van der Waals surface area contributed by atoms with Crippen molar-refractivity contribution < 1.29 is 19.1 Å². The summed E-state index contributed by atoms with van der Waals surface area (Å²) in [5, 5.41) is 0. The molecular weight excluding hydrogens is 259 g/mol. The Hall–Kier alpha value is -0.480. The van der Waals surface area contributed by atoms with E-state index in [9.17, 15) is 14.4 Å². The lowest BCUT2D eigenvalue weighted by atomic mass is 10.3. The fourth-order valence-corrected chi connectivity index (χ4v) is 7.71. The van der Waals surface area contributed by atoms with E-state index in [0.717, 1.165) is 4.90 Å². The van der Waals surface area contributed by atoms with Gasteiger partial charge in [-0.15, -0.1) is 9.65 Å². The highest BCUT2D eigenvalue weighted by Crippen LogP contribution is 2.80. The third-order valence-electron chi connectivity index (χ3n) is 2.91. The van der Waals surface area contributed by atoms with E-state index in [4.69, 9.17) is 4.74 Å². The van der Waals surface area contributed by atoms with Crippen molar-refractivity contribution in [1.82, 2.24) is 0 Å². The average molecular weight is 278 g/mol. The maximum Gasteiger partial charge on any atom is 0.370 e. The highest BCUT2D eigenvalue weighted by Gasteiger charge is 2.39. The molecule has 1 aromatic carbocycles. The first-order valence-corrected chi connectivity index (χ1v) is 9.58. The van der Waals surface area contributed by atoms with Gasteiger partial charge in [0.05, 0.1) is 7.11 Å². The summed E-state index contributed by atoms with van der Waals surface area (Å²) in [6, 6.07) is 7.02. The van der Waals surface area contributed by atoms with Crippen molar-refractivity contribution in [3.63, 3.8) is 0 Å². The van der Waals surface area contributed by atoms with E-state index in [1.165, 1.54) is 0 Å². The minimum atomic E-state index is -4.11. The van der Waals surface area contributed by atoms with Crippen LogP contribution in [0.5, 0.6) is 5.75 Å². The molecule has 0 atom stereocenters. The van der Waals surface area contributed by atoms with Gasteiger partial charge in [0.25, 0.3) is 0 Å². The van der Waals surface area contributed by atoms with Crippen molar-refractivity contribution in [3.05, 3.63) is 24.3 Å². The molecule has 0 saturated heterocycles. The molecule has 98 valence electrons. The van der Waals surface area contributed by atoms with Gasteiger partial charge < -0.3 is 14.5 Å². The second kappa shape index (κ2) is 5.44. The summed E-state index contributed by atoms with van der Waals surface area (Å²) in [6.07, 6.45) is 0. The van der Waals surface area contributed by atoms with Crippen molar-refractivity contribution in [2.45, 2.75) is 18.7 Å². The molecule has 4 nitrogen and oxygen atoms in total. The lowest BCUT2D eigenvalue weighted by Gasteiger charge is -2.38. The standard InChI is InChI=1S/C11H19O4PS/c1-4-17(5-2,16(12,13)14)11-8-6-10(15-3)7-9-11/h6-9H,4-5H2,1-3H3,(H2,12,13,14). The van der Waals surface area contributed by atoms with Crippen molar-refractivity contribution in [2.75, 3.05) is 18.6 Å². The largest absolute Gasteiger partial charge is 0.497 e. The summed E-state index contributed by atoms with van der Waals surface area (Å²) in [7, 11) is -0.514. The van der Waals surface area contributed by atoms with Crippen molar-refractivity contribution >= 4 is 16.4 Å². The molecule has 17 heavy (non-hydrogen) atoms. The number of benzene rings is 1. The summed E-state index contributed by atoms with van der Waals surface area (Å²) < 4.78 is 16.8. The molecule has 0 radical (unpaired) electrons. The van der Waals surface area contributed by atoms with Crippen LogP contribution in [0.2, 0.25) is 0 Å². The maximum atomic E-state index is 11.8. The van der Waals surface area contributed by atoms with Crippen LogP contribution in [0, 0.1) is 0 Å². The van der Waals surface area contributed by atoms with Crippen molar-refractivity contribution in [3.8, 4) is 5.75 Å². The van der Waals surface area contributed by atoms with Crippen LogP contribution < -0.4 is 4.74 Å². The Balaban J connectivity index is 3.27. The van der Waals surface area contributed by atoms with Crippen LogP contribution in [0.15, 0.2) is 29.2 Å². The van der Waals surface area contributed by atoms with Crippen LogP contribution >= 0.6 is 16.4 Å². The zero-order valence-corrected chi connectivity index (χ0v) is 12.0. The average Bonchev–Trinajstić information content (AvgIpc) is 2.30. The van der Waals surface area contributed by atoms with Gasteiger partial charge in [0.15, 0.2) is 0 Å². The summed E-state index contributed by atoms with van der Waals surface area (Å²) >= 11 is 0. The molecule has 0 fully saturated rings. The van der Waals surface area contributed by atoms with Crippen LogP contribution in [-0.2, 0) is 4.57 Å². The summed E-state index contributed by atoms with van der Waals surface area (Å²) in [6.45, 7) is -0.439. The van der Waals surface area contributed by atoms with Gasteiger partial charge in [-0.3, -0.25) is 0 Å². The molecule has 0 amide bonds. The Morgan fingerprint density at radius 1 is 1.18 bits per heavy atom. The lowest BCUT2D eigenvalue weighted by molar-refractivity contribution is 0.395. The van der Waals surface area contributed by atoms with Gasteiger partial charge in [-0.05, 0) is 35.8 Å². The molecule has 0 aliphatic rings. The topological polar surface area (TPSA) is 66.8 Å². The lowest BCUT2D eigenvalue weighted by Crippen LogP contribution is -2.07. The number of methoxy groups -OCH3 is 1. The van der Waals surface area contributed by atoms with Gasteiger partial charge in [-0.1, -0.05) is 13.8 Å². The van der Waals surface area contributed by atoms with E-state index in [2.05, 4.69) is 0 Å². The molecule has 0 heterocycles. The Labute approximate surface area is 103 Å². The van der Waals surface area contributed by atoms with Crippen molar-refractivity contribution in [1.29, 1.82) is 0 Å². The van der Waals surface area contributed by atoms with E-state index in [-0.39, 0.29) is 0 Å². The molecule has 1 aromatic rings. The van der Waals surface area contributed by atoms with Crippen LogP contribution in [0.4, 0.5) is 0 Å². The first kappa shape index (κ1) is 14.6. The zero-order valence-electron chi connectivity index (χ0n) is 10.3. The van der Waals surface area contributed by atoms with E-state index in [0.29, 0.717) is 17.3 Å². The molecule has 1 rings (SSSR count). The minimum Gasteiger partial charge on any atom is -0.497 e. The summed E-state index contributed by atoms with van der Waals surface area (Å²) in [5.41, 5.74) is 0. The highest BCUT2D eigenvalue weighted by atomic mass is 32.8. The summed E-state index contributed by atoms with van der Waals surface area (Å²) in [4.78, 5) is 20.0. The Bertz CT molecular complexity index is 408. The fourth-order valence-electron chi connectivity index (χ4n) is 1.84. The van der Waals surface area contributed by atoms with E-state index >= 15 is 0 Å². The van der Waals surface area contributed by atoms with Crippen LogP contribution in [-0.4, -0.2) is 28.4 Å². The molecule has 0 aromatic heterocycles. The minimum absolute atomic E-state index is 0.486. The summed E-state index contributed by atoms with van der Waals surface area (Å²) in [5.74, 6) is 1.67. The first-order valence-electron chi connectivity index (χ1n) is 5.39. The Morgan fingerprint density at radius 2 is 1.65 bits per heavy atom. The smallest absolute Gasteiger partial charge is 0.370 e. The SMILES string of the molecule is CCS(CC)(c1ccc(OC)cc1)P(=O)(O)O. The van der Waals surface area contributed by atoms with Crippen LogP contribution in [0.3, 0.4) is 0 Å². The second-order valence-electron chi connectivity index (χ2n) is 3.59. The Morgan fingerprint density at radius 3 is 1.94 bits per heavy atom. The van der Waals surface area contributed by atoms with Gasteiger partial charge in [0.2, 0.25) is 0 Å². The maximum absolute atomic E-state index is 11.8. The molecule has 2 N–H and O–H groups in total. The van der Waals surface area contributed by atoms with Gasteiger partial charge in [0, 0.05) is 4.90 Å². The van der Waals surface area contributed by atoms with Crippen molar-refractivity contribution in [2.24, 2.45) is 0 Å². The normalized spacial score (nSPS) is 13.5. The highest BCUT2D eigenvalue weighted by molar-refractivity contribution is 8.76. The first-order chi connectivity index (χ1) is 7.91. The predicted molar refractivity (Wildman–Crippen MR) is 72.0 cm³/mol. The molecule has 0 bridgehead atoms. The van der Waals surface area contributed by atoms with Gasteiger partial charge in [-0.25, -0.2) is 4.57 Å². The van der Waals surface area contributed by atoms with Gasteiger partial charge in [-0.2, -0.15) is 0 Å². The van der Waals surface area contributed by atoms with Crippen LogP contribution in [0.25, 0.3) is 0 Å². The number of ether oxygens (including phenoxy) is 1. The van der Waals surface area contributed by atoms with E-state index < -0.39 is 16.4 Å². The number of rotatable bonds is 5. The quantitative estimate of drug-likeness (QED) is 0.812. The third-order valence-corrected chi connectivity index (χ3v) is 11.8. The fraction of sp³-hybridized carbons (Fsp3) is 0.455. The second-order valence-corrected chi connectivity index (χ2v) is 11.4. The predicted octanol–water partition coefficient (Wildman–Crippen LogP) is 2.99. The molecule has 0 saturated carbocycles. The monoisotopic (exact) mass is 278 g/mol. The van der Waals surface area contributed by atoms with E-state index in [1.807, 2.05) is 13.8 Å². The third kappa shape index (κ3) is 2.68. The molecular formula is C11H19O4PS. The Kier molecular flexibility index (Phi) is 4.67.